The SMILES string of the molecule is CC(C)OC(=O)CC1CN(C2=NC3=CCC(F)C=C3Oc3ccccc32)CCN1. The molecule has 2 aliphatic heterocycles. The number of hydrogen-bond donors (Lipinski definition) is 1. The predicted octanol–water partition coefficient (Wildman–Crippen LogP) is 2.95. The molecule has 1 N–H and O–H groups in total. The first kappa shape index (κ1) is 19.6. The van der Waals surface area contributed by atoms with Crippen LogP contribution in [0.2, 0.25) is 0 Å². The Morgan fingerprint density at radius 2 is 2.24 bits per heavy atom. The third-order valence-electron chi connectivity index (χ3n) is 5.03. The van der Waals surface area contributed by atoms with Gasteiger partial charge in [-0.3, -0.25) is 4.79 Å². The van der Waals surface area contributed by atoms with Gasteiger partial charge in [0.1, 0.15) is 23.5 Å². The Labute approximate surface area is 170 Å². The lowest BCUT2D eigenvalue weighted by molar-refractivity contribution is -0.148. The Kier molecular flexibility index (Phi) is 5.67. The van der Waals surface area contributed by atoms with Crippen molar-refractivity contribution >= 4 is 11.8 Å². The van der Waals surface area contributed by atoms with Crippen molar-refractivity contribution in [3.63, 3.8) is 0 Å². The number of aliphatic imine (C=N–C) groups is 1. The molecule has 1 saturated heterocycles. The van der Waals surface area contributed by atoms with E-state index in [4.69, 9.17) is 14.5 Å². The van der Waals surface area contributed by atoms with Crippen LogP contribution in [0.15, 0.2) is 52.9 Å². The maximum absolute atomic E-state index is 13.9. The maximum Gasteiger partial charge on any atom is 0.307 e. The van der Waals surface area contributed by atoms with Gasteiger partial charge in [-0.05, 0) is 32.1 Å². The number of nitrogens with one attached hydrogen (secondary N) is 1. The van der Waals surface area contributed by atoms with Crippen molar-refractivity contribution in [1.29, 1.82) is 0 Å². The van der Waals surface area contributed by atoms with Crippen LogP contribution in [0, 0.1) is 0 Å². The molecule has 0 aromatic heterocycles. The van der Waals surface area contributed by atoms with Gasteiger partial charge in [0, 0.05) is 32.1 Å². The number of amidine groups is 1. The van der Waals surface area contributed by atoms with Gasteiger partial charge < -0.3 is 19.7 Å². The van der Waals surface area contributed by atoms with Crippen molar-refractivity contribution in [1.82, 2.24) is 10.2 Å². The molecule has 29 heavy (non-hydrogen) atoms. The molecule has 1 aliphatic carbocycles. The number of halogens is 1. The molecule has 6 nitrogen and oxygen atoms in total. The largest absolute Gasteiger partial charge is 0.463 e. The van der Waals surface area contributed by atoms with Crippen molar-refractivity contribution in [2.75, 3.05) is 19.6 Å². The average molecular weight is 399 g/mol. The predicted molar refractivity (Wildman–Crippen MR) is 108 cm³/mol. The van der Waals surface area contributed by atoms with E-state index in [0.29, 0.717) is 36.6 Å². The first-order valence-corrected chi connectivity index (χ1v) is 10.1. The van der Waals surface area contributed by atoms with E-state index in [9.17, 15) is 9.18 Å². The number of carbonyl (C=O) groups is 1. The minimum Gasteiger partial charge on any atom is -0.463 e. The molecule has 0 radical (unpaired) electrons. The second-order valence-electron chi connectivity index (χ2n) is 7.75. The molecule has 4 rings (SSSR count). The second kappa shape index (κ2) is 8.37. The number of alkyl halides is 1. The highest BCUT2D eigenvalue weighted by Gasteiger charge is 2.30. The minimum atomic E-state index is -1.06. The monoisotopic (exact) mass is 399 g/mol. The van der Waals surface area contributed by atoms with Gasteiger partial charge in [-0.15, -0.1) is 0 Å². The van der Waals surface area contributed by atoms with Crippen LogP contribution in [0.4, 0.5) is 4.39 Å². The summed E-state index contributed by atoms with van der Waals surface area (Å²) in [4.78, 5) is 19.1. The first-order valence-electron chi connectivity index (χ1n) is 10.1. The number of para-hydroxylation sites is 1. The van der Waals surface area contributed by atoms with Gasteiger partial charge in [-0.2, -0.15) is 0 Å². The lowest BCUT2D eigenvalue weighted by atomic mass is 10.1. The third kappa shape index (κ3) is 4.50. The average Bonchev–Trinajstić information content (AvgIpc) is 2.83. The fraction of sp³-hybridized carbons (Fsp3) is 0.455. The zero-order valence-corrected chi connectivity index (χ0v) is 16.7. The zero-order valence-electron chi connectivity index (χ0n) is 16.7. The summed E-state index contributed by atoms with van der Waals surface area (Å²) in [5, 5.41) is 3.39. The number of benzene rings is 1. The van der Waals surface area contributed by atoms with E-state index in [-0.39, 0.29) is 18.1 Å². The number of allylic oxidation sites excluding steroid dienone is 2. The van der Waals surface area contributed by atoms with Crippen LogP contribution in [-0.4, -0.2) is 54.7 Å². The summed E-state index contributed by atoms with van der Waals surface area (Å²) in [5.74, 6) is 1.69. The highest BCUT2D eigenvalue weighted by atomic mass is 19.1. The summed E-state index contributed by atoms with van der Waals surface area (Å²) in [6, 6.07) is 7.64. The highest BCUT2D eigenvalue weighted by molar-refractivity contribution is 6.02. The van der Waals surface area contributed by atoms with Crippen LogP contribution < -0.4 is 10.1 Å². The normalized spacial score (nSPS) is 23.7. The van der Waals surface area contributed by atoms with Gasteiger partial charge in [-0.25, -0.2) is 9.38 Å². The number of ether oxygens (including phenoxy) is 2. The number of piperazine rings is 1. The number of nitrogens with zero attached hydrogens (tertiary/aromatic N) is 2. The van der Waals surface area contributed by atoms with Gasteiger partial charge in [0.2, 0.25) is 0 Å². The van der Waals surface area contributed by atoms with E-state index in [2.05, 4.69) is 10.2 Å². The number of rotatable bonds is 3. The molecule has 1 aromatic carbocycles. The number of hydrogen-bond acceptors (Lipinski definition) is 6. The summed E-state index contributed by atoms with van der Waals surface area (Å²) in [5.41, 5.74) is 1.52. The molecular weight excluding hydrogens is 373 g/mol. The summed E-state index contributed by atoms with van der Waals surface area (Å²) in [6.45, 7) is 5.80. The molecule has 2 heterocycles. The van der Waals surface area contributed by atoms with Crippen molar-refractivity contribution in [3.8, 4) is 5.75 Å². The highest BCUT2D eigenvalue weighted by Crippen LogP contribution is 2.33. The quantitative estimate of drug-likeness (QED) is 0.792. The van der Waals surface area contributed by atoms with E-state index in [1.807, 2.05) is 38.1 Å². The third-order valence-corrected chi connectivity index (χ3v) is 5.03. The maximum atomic E-state index is 13.9. The van der Waals surface area contributed by atoms with Crippen LogP contribution in [0.1, 0.15) is 32.3 Å². The second-order valence-corrected chi connectivity index (χ2v) is 7.75. The Bertz CT molecular complexity index is 878. The molecule has 3 aliphatic rings. The Morgan fingerprint density at radius 1 is 1.41 bits per heavy atom. The van der Waals surface area contributed by atoms with Crippen molar-refractivity contribution in [2.24, 2.45) is 4.99 Å². The Balaban J connectivity index is 1.60. The van der Waals surface area contributed by atoms with Crippen molar-refractivity contribution < 1.29 is 18.7 Å². The minimum absolute atomic E-state index is 0.0281. The molecule has 0 spiro atoms. The summed E-state index contributed by atoms with van der Waals surface area (Å²) in [6.07, 6.45) is 2.68. The van der Waals surface area contributed by atoms with Crippen LogP contribution >= 0.6 is 0 Å². The molecule has 1 fully saturated rings. The summed E-state index contributed by atoms with van der Waals surface area (Å²) >= 11 is 0. The van der Waals surface area contributed by atoms with E-state index < -0.39 is 6.17 Å². The number of esters is 1. The molecule has 2 unspecified atom stereocenters. The molecule has 0 amide bonds. The zero-order chi connectivity index (χ0) is 20.4. The van der Waals surface area contributed by atoms with Crippen LogP contribution in [0.3, 0.4) is 0 Å². The lowest BCUT2D eigenvalue weighted by Crippen LogP contribution is -2.53. The van der Waals surface area contributed by atoms with Crippen LogP contribution in [0.5, 0.6) is 5.75 Å². The van der Waals surface area contributed by atoms with Gasteiger partial charge in [0.15, 0.2) is 5.76 Å². The lowest BCUT2D eigenvalue weighted by Gasteiger charge is -2.35. The van der Waals surface area contributed by atoms with Gasteiger partial charge in [0.25, 0.3) is 0 Å². The van der Waals surface area contributed by atoms with Crippen LogP contribution in [-0.2, 0) is 9.53 Å². The Morgan fingerprint density at radius 3 is 3.07 bits per heavy atom. The molecule has 154 valence electrons. The van der Waals surface area contributed by atoms with E-state index in [0.717, 1.165) is 24.5 Å². The van der Waals surface area contributed by atoms with E-state index in [1.165, 1.54) is 6.08 Å². The molecule has 7 heteroatoms. The van der Waals surface area contributed by atoms with Crippen molar-refractivity contribution in [2.45, 2.75) is 45.0 Å². The molecular formula is C22H26FN3O3. The van der Waals surface area contributed by atoms with E-state index >= 15 is 0 Å². The van der Waals surface area contributed by atoms with Crippen LogP contribution in [0.25, 0.3) is 0 Å². The van der Waals surface area contributed by atoms with Crippen molar-refractivity contribution in [3.05, 3.63) is 53.4 Å². The topological polar surface area (TPSA) is 63.2 Å². The van der Waals surface area contributed by atoms with Gasteiger partial charge in [-0.1, -0.05) is 18.2 Å². The first-order chi connectivity index (χ1) is 14.0. The Hall–Kier alpha value is -2.67. The van der Waals surface area contributed by atoms with Gasteiger partial charge >= 0.3 is 5.97 Å². The molecule has 0 bridgehead atoms. The molecule has 2 atom stereocenters. The number of fused-ring (bicyclic) bond motifs is 2. The fourth-order valence-corrected chi connectivity index (χ4v) is 3.77. The number of carbonyl (C=O) groups excluding carboxylic acids is 1. The molecule has 1 aromatic rings. The van der Waals surface area contributed by atoms with Gasteiger partial charge in [0.05, 0.1) is 18.1 Å². The summed E-state index contributed by atoms with van der Waals surface area (Å²) in [7, 11) is 0. The standard InChI is InChI=1S/C22H26FN3O3/c1-14(2)28-21(27)12-16-13-26(10-9-24-16)22-17-5-3-4-6-19(17)29-20-11-15(23)7-8-18(20)25-22/h3-6,8,11,14-16,24H,7,9-10,12-13H2,1-2H3. The molecule has 0 saturated carbocycles. The van der Waals surface area contributed by atoms with E-state index in [1.54, 1.807) is 6.08 Å². The summed E-state index contributed by atoms with van der Waals surface area (Å²) < 4.78 is 25.2. The smallest absolute Gasteiger partial charge is 0.307 e. The fourth-order valence-electron chi connectivity index (χ4n) is 3.77.